The fourth-order valence-corrected chi connectivity index (χ4v) is 6.84. The smallest absolute Gasteiger partial charge is 0.326 e. The molecule has 2 fully saturated rings. The number of hydrogen-bond donors (Lipinski definition) is 3. The van der Waals surface area contributed by atoms with Gasteiger partial charge in [0.1, 0.15) is 23.5 Å². The van der Waals surface area contributed by atoms with Crippen LogP contribution < -0.4 is 20.9 Å². The Morgan fingerprint density at radius 3 is 2.41 bits per heavy atom. The van der Waals surface area contributed by atoms with E-state index in [-0.39, 0.29) is 29.7 Å². The zero-order chi connectivity index (χ0) is 25.5. The molecule has 6 rings (SSSR count). The predicted molar refractivity (Wildman–Crippen MR) is 140 cm³/mol. The van der Waals surface area contributed by atoms with Crippen molar-refractivity contribution in [1.29, 1.82) is 0 Å². The number of hydrogen-bond acceptors (Lipinski definition) is 3. The molecule has 3 amide bonds. The highest BCUT2D eigenvalue weighted by Gasteiger charge is 2.43. The van der Waals surface area contributed by atoms with Crippen molar-refractivity contribution in [3.63, 3.8) is 0 Å². The second-order valence-corrected chi connectivity index (χ2v) is 11.2. The van der Waals surface area contributed by atoms with E-state index < -0.39 is 6.04 Å². The fraction of sp³-hybridized carbons (Fsp3) is 0.517. The first-order valence-electron chi connectivity index (χ1n) is 13.9. The summed E-state index contributed by atoms with van der Waals surface area (Å²) in [6.45, 7) is 1.99. The van der Waals surface area contributed by atoms with Crippen LogP contribution >= 0.6 is 0 Å². The Balaban J connectivity index is 1.50. The zero-order valence-corrected chi connectivity index (χ0v) is 21.5. The average Bonchev–Trinajstić information content (AvgIpc) is 2.90. The molecule has 1 aliphatic heterocycles. The van der Waals surface area contributed by atoms with Crippen molar-refractivity contribution in [2.45, 2.75) is 95.7 Å². The van der Waals surface area contributed by atoms with Gasteiger partial charge in [-0.15, -0.1) is 0 Å². The standard InChI is InChI=1S/C29H35N5O3/c1-18-12-19-14-20(13-18)31-27(35)24-15-23-16-25(32-29(37)33(23)21-8-4-2-5-9-21)26(24)34(28(36)30-17-19)22-10-6-3-7-11-22/h12-13,15-17,21-22,26H,2-11,14H2,1H3,(H2,30,31,32,35,36,37)/p+1. The summed E-state index contributed by atoms with van der Waals surface area (Å²) in [5.74, 6) is -0.219. The van der Waals surface area contributed by atoms with Gasteiger partial charge in [-0.05, 0) is 68.7 Å². The van der Waals surface area contributed by atoms with Crippen LogP contribution in [0.5, 0.6) is 0 Å². The van der Waals surface area contributed by atoms with Crippen LogP contribution in [0.25, 0.3) is 6.08 Å². The third-order valence-electron chi connectivity index (χ3n) is 8.49. The highest BCUT2D eigenvalue weighted by molar-refractivity contribution is 6.01. The second kappa shape index (κ2) is 9.80. The average molecular weight is 503 g/mol. The van der Waals surface area contributed by atoms with E-state index in [9.17, 15) is 14.4 Å². The molecule has 0 spiro atoms. The molecule has 0 radical (unpaired) electrons. The van der Waals surface area contributed by atoms with Crippen LogP contribution in [0.3, 0.4) is 0 Å². The topological polar surface area (TPSA) is 98.2 Å². The molecule has 1 aromatic heterocycles. The van der Waals surface area contributed by atoms with Gasteiger partial charge < -0.3 is 15.5 Å². The molecule has 8 nitrogen and oxygen atoms in total. The monoisotopic (exact) mass is 502 g/mol. The maximum atomic E-state index is 13.9. The van der Waals surface area contributed by atoms with Gasteiger partial charge in [0.05, 0.1) is 5.57 Å². The van der Waals surface area contributed by atoms with Crippen molar-refractivity contribution in [1.82, 2.24) is 20.5 Å². The lowest BCUT2D eigenvalue weighted by Gasteiger charge is -2.40. The van der Waals surface area contributed by atoms with E-state index in [1.54, 1.807) is 6.20 Å². The van der Waals surface area contributed by atoms with E-state index in [1.807, 2.05) is 40.7 Å². The van der Waals surface area contributed by atoms with Crippen molar-refractivity contribution in [2.75, 3.05) is 0 Å². The molecular weight excluding hydrogens is 466 g/mol. The number of H-pyrrole nitrogens is 1. The molecule has 0 saturated heterocycles. The predicted octanol–water partition coefficient (Wildman–Crippen LogP) is 4.20. The number of amides is 3. The highest BCUT2D eigenvalue weighted by Crippen LogP contribution is 2.38. The lowest BCUT2D eigenvalue weighted by atomic mass is 9.88. The molecule has 5 aliphatic rings. The third kappa shape index (κ3) is 4.58. The quantitative estimate of drug-likeness (QED) is 0.529. The molecule has 2 heterocycles. The van der Waals surface area contributed by atoms with Gasteiger partial charge in [-0.1, -0.05) is 31.8 Å². The van der Waals surface area contributed by atoms with Crippen LogP contribution in [0.15, 0.2) is 51.6 Å². The van der Waals surface area contributed by atoms with Crippen molar-refractivity contribution >= 4 is 18.0 Å². The summed E-state index contributed by atoms with van der Waals surface area (Å²) in [5, 5.41) is 6.17. The zero-order valence-electron chi connectivity index (χ0n) is 21.5. The van der Waals surface area contributed by atoms with Crippen molar-refractivity contribution < 1.29 is 14.2 Å². The first kappa shape index (κ1) is 23.9. The van der Waals surface area contributed by atoms with Gasteiger partial charge in [-0.2, -0.15) is 9.36 Å². The maximum absolute atomic E-state index is 13.9. The van der Waals surface area contributed by atoms with E-state index in [2.05, 4.69) is 15.6 Å². The van der Waals surface area contributed by atoms with Gasteiger partial charge in [-0.3, -0.25) is 4.79 Å². The van der Waals surface area contributed by atoms with E-state index in [4.69, 9.17) is 0 Å². The summed E-state index contributed by atoms with van der Waals surface area (Å²) < 4.78 is 1.84. The Labute approximate surface area is 217 Å². The maximum Gasteiger partial charge on any atom is 0.496 e. The number of urea groups is 1. The molecular formula is C29H36N5O3+. The molecule has 2 saturated carbocycles. The molecule has 37 heavy (non-hydrogen) atoms. The van der Waals surface area contributed by atoms with E-state index in [0.717, 1.165) is 80.3 Å². The van der Waals surface area contributed by atoms with Gasteiger partial charge in [0, 0.05) is 30.4 Å². The SMILES string of the molecule is CC1=CC2=CNC(=O)N(C3CCCCC3)C3C(=Cc4cc3[nH]c(=O)[n+]4C3CCCCC3)C(=O)NC(=C1)C2. The van der Waals surface area contributed by atoms with E-state index >= 15 is 0 Å². The summed E-state index contributed by atoms with van der Waals surface area (Å²) in [7, 11) is 0. The molecule has 4 bridgehead atoms. The van der Waals surface area contributed by atoms with Gasteiger partial charge in [-0.25, -0.2) is 9.78 Å². The normalized spacial score (nSPS) is 25.0. The van der Waals surface area contributed by atoms with Gasteiger partial charge in [0.2, 0.25) is 0 Å². The Morgan fingerprint density at radius 1 is 0.919 bits per heavy atom. The molecule has 8 heteroatoms. The molecule has 1 unspecified atom stereocenters. The molecule has 0 aromatic carbocycles. The number of aromatic amines is 1. The summed E-state index contributed by atoms with van der Waals surface area (Å²) in [6.07, 6.45) is 18.5. The number of nitrogens with zero attached hydrogens (tertiary/aromatic N) is 2. The van der Waals surface area contributed by atoms with Gasteiger partial charge in [0.15, 0.2) is 0 Å². The number of fused-ring (bicyclic) bond motifs is 6. The first-order valence-corrected chi connectivity index (χ1v) is 13.9. The molecule has 1 atom stereocenters. The highest BCUT2D eigenvalue weighted by atomic mass is 16.2. The Kier molecular flexibility index (Phi) is 6.34. The minimum atomic E-state index is -0.657. The van der Waals surface area contributed by atoms with E-state index in [0.29, 0.717) is 17.7 Å². The van der Waals surface area contributed by atoms with Crippen LogP contribution in [0, 0.1) is 0 Å². The number of aromatic nitrogens is 2. The molecule has 194 valence electrons. The number of nitrogens with one attached hydrogen (secondary N) is 3. The summed E-state index contributed by atoms with van der Waals surface area (Å²) in [5.41, 5.74) is 4.47. The van der Waals surface area contributed by atoms with Crippen LogP contribution in [-0.4, -0.2) is 27.9 Å². The van der Waals surface area contributed by atoms with Gasteiger partial charge >= 0.3 is 11.7 Å². The molecule has 3 N–H and O–H groups in total. The van der Waals surface area contributed by atoms with Crippen LogP contribution in [-0.2, 0) is 4.79 Å². The van der Waals surface area contributed by atoms with Crippen molar-refractivity contribution in [3.8, 4) is 0 Å². The summed E-state index contributed by atoms with van der Waals surface area (Å²) >= 11 is 0. The summed E-state index contributed by atoms with van der Waals surface area (Å²) in [4.78, 5) is 46.1. The summed E-state index contributed by atoms with van der Waals surface area (Å²) in [6, 6.07) is 1.19. The number of carbonyl (C=O) groups excluding carboxylic acids is 2. The van der Waals surface area contributed by atoms with Gasteiger partial charge in [0.25, 0.3) is 5.91 Å². The minimum Gasteiger partial charge on any atom is -0.326 e. The van der Waals surface area contributed by atoms with Crippen molar-refractivity contribution in [2.24, 2.45) is 0 Å². The van der Waals surface area contributed by atoms with Crippen LogP contribution in [0.2, 0.25) is 0 Å². The number of rotatable bonds is 2. The Morgan fingerprint density at radius 2 is 1.65 bits per heavy atom. The van der Waals surface area contributed by atoms with Crippen LogP contribution in [0.1, 0.15) is 101 Å². The second-order valence-electron chi connectivity index (χ2n) is 11.2. The minimum absolute atomic E-state index is 0.0132. The Bertz CT molecular complexity index is 1310. The van der Waals surface area contributed by atoms with Crippen molar-refractivity contribution in [3.05, 3.63) is 68.7 Å². The lowest BCUT2D eigenvalue weighted by Crippen LogP contribution is -2.59. The largest absolute Gasteiger partial charge is 0.496 e. The fourth-order valence-electron chi connectivity index (χ4n) is 6.84. The van der Waals surface area contributed by atoms with Crippen LogP contribution in [0.4, 0.5) is 4.79 Å². The van der Waals surface area contributed by atoms with E-state index in [1.165, 1.54) is 6.42 Å². The molecule has 4 aliphatic carbocycles. The Hall–Kier alpha value is -3.42. The number of allylic oxidation sites excluding steroid dienone is 4. The lowest BCUT2D eigenvalue weighted by molar-refractivity contribution is -0.743. The number of carbonyl (C=O) groups is 2. The third-order valence-corrected chi connectivity index (χ3v) is 8.49. The molecule has 1 aromatic rings. The first-order chi connectivity index (χ1) is 18.0.